The molecule has 1 amide bonds. The number of amides is 1. The Morgan fingerprint density at radius 2 is 2.05 bits per heavy atom. The van der Waals surface area contributed by atoms with Gasteiger partial charge in [0.05, 0.1) is 13.2 Å². The molecule has 0 aliphatic carbocycles. The van der Waals surface area contributed by atoms with Crippen LogP contribution in [-0.4, -0.2) is 36.4 Å². The van der Waals surface area contributed by atoms with Gasteiger partial charge in [-0.15, -0.1) is 11.6 Å². The summed E-state index contributed by atoms with van der Waals surface area (Å²) in [7, 11) is 0. The van der Waals surface area contributed by atoms with Gasteiger partial charge in [-0.05, 0) is 30.5 Å². The monoisotopic (exact) mass is 315 g/mol. The highest BCUT2D eigenvalue weighted by Gasteiger charge is 2.24. The van der Waals surface area contributed by atoms with Crippen molar-refractivity contribution in [3.8, 4) is 0 Å². The molecule has 1 unspecified atom stereocenters. The number of hydrogen-bond donors (Lipinski definition) is 0. The largest absolute Gasteiger partial charge is 0.370 e. The average molecular weight is 316 g/mol. The molecule has 0 aromatic heterocycles. The van der Waals surface area contributed by atoms with Gasteiger partial charge >= 0.3 is 0 Å². The number of nitrogens with zero attached hydrogens (tertiary/aromatic N) is 1. The van der Waals surface area contributed by atoms with Gasteiger partial charge in [-0.25, -0.2) is 0 Å². The Bertz CT molecular complexity index is 436. The summed E-state index contributed by atoms with van der Waals surface area (Å²) in [4.78, 5) is 14.0. The van der Waals surface area contributed by atoms with Gasteiger partial charge in [0.25, 0.3) is 0 Å². The van der Waals surface area contributed by atoms with Gasteiger partial charge in [0.1, 0.15) is 6.10 Å². The lowest BCUT2D eigenvalue weighted by molar-refractivity contribution is -0.139. The minimum Gasteiger partial charge on any atom is -0.370 e. The lowest BCUT2D eigenvalue weighted by Gasteiger charge is -2.33. The molecule has 5 heteroatoms. The number of ether oxygens (including phenoxy) is 1. The maximum atomic E-state index is 12.1. The summed E-state index contributed by atoms with van der Waals surface area (Å²) in [6.07, 6.45) is 2.25. The summed E-state index contributed by atoms with van der Waals surface area (Å²) in [6, 6.07) is 7.60. The van der Waals surface area contributed by atoms with E-state index >= 15 is 0 Å². The Kier molecular flexibility index (Phi) is 6.14. The van der Waals surface area contributed by atoms with Crippen molar-refractivity contribution in [1.82, 2.24) is 4.90 Å². The van der Waals surface area contributed by atoms with E-state index in [9.17, 15) is 4.79 Å². The number of halogens is 2. The average Bonchev–Trinajstić information content (AvgIpc) is 2.48. The number of benzene rings is 1. The minimum atomic E-state index is -0.0574. The molecule has 0 saturated carbocycles. The van der Waals surface area contributed by atoms with Gasteiger partial charge < -0.3 is 9.64 Å². The van der Waals surface area contributed by atoms with Gasteiger partial charge in [-0.2, -0.15) is 0 Å². The molecule has 0 radical (unpaired) electrons. The molecule has 1 aromatic rings. The fourth-order valence-electron chi connectivity index (χ4n) is 2.28. The van der Waals surface area contributed by atoms with Crippen LogP contribution in [0.3, 0.4) is 0 Å². The van der Waals surface area contributed by atoms with E-state index in [0.29, 0.717) is 37.0 Å². The molecule has 1 aliphatic rings. The summed E-state index contributed by atoms with van der Waals surface area (Å²) < 4.78 is 5.75. The maximum absolute atomic E-state index is 12.1. The van der Waals surface area contributed by atoms with Crippen LogP contribution in [0.15, 0.2) is 24.3 Å². The molecule has 1 aromatic carbocycles. The molecule has 0 N–H and O–H groups in total. The van der Waals surface area contributed by atoms with Crippen LogP contribution in [0.4, 0.5) is 0 Å². The molecule has 110 valence electrons. The van der Waals surface area contributed by atoms with Gasteiger partial charge in [0.2, 0.25) is 5.91 Å². The number of carbonyl (C=O) groups excluding carboxylic acids is 1. The van der Waals surface area contributed by atoms with Crippen LogP contribution < -0.4 is 0 Å². The summed E-state index contributed by atoms with van der Waals surface area (Å²) in [5, 5.41) is 0.707. The van der Waals surface area contributed by atoms with Crippen LogP contribution in [0.25, 0.3) is 0 Å². The zero-order chi connectivity index (χ0) is 14.4. The van der Waals surface area contributed by atoms with Crippen molar-refractivity contribution < 1.29 is 9.53 Å². The van der Waals surface area contributed by atoms with Crippen molar-refractivity contribution >= 4 is 29.1 Å². The van der Waals surface area contributed by atoms with Gasteiger partial charge in [0, 0.05) is 23.9 Å². The van der Waals surface area contributed by atoms with E-state index in [4.69, 9.17) is 27.9 Å². The van der Waals surface area contributed by atoms with Gasteiger partial charge in [-0.1, -0.05) is 23.7 Å². The standard InChI is InChI=1S/C15H19Cl2NO2/c16-8-2-1-3-15(19)18-9-10-20-14(11-18)12-4-6-13(17)7-5-12/h4-7,14H,1-3,8-11H2. The van der Waals surface area contributed by atoms with Crippen LogP contribution in [0.1, 0.15) is 30.9 Å². The number of unbranched alkanes of at least 4 members (excludes halogenated alkanes) is 1. The molecule has 1 heterocycles. The normalized spacial score (nSPS) is 19.1. The van der Waals surface area contributed by atoms with Crippen molar-refractivity contribution in [2.24, 2.45) is 0 Å². The van der Waals surface area contributed by atoms with Crippen LogP contribution >= 0.6 is 23.2 Å². The highest BCUT2D eigenvalue weighted by molar-refractivity contribution is 6.30. The molecule has 1 aliphatic heterocycles. The van der Waals surface area contributed by atoms with E-state index in [0.717, 1.165) is 18.4 Å². The van der Waals surface area contributed by atoms with Gasteiger partial charge in [-0.3, -0.25) is 4.79 Å². The third kappa shape index (κ3) is 4.37. The summed E-state index contributed by atoms with van der Waals surface area (Å²) in [5.41, 5.74) is 1.06. The SMILES string of the molecule is O=C(CCCCCl)N1CCOC(c2ccc(Cl)cc2)C1. The topological polar surface area (TPSA) is 29.5 Å². The van der Waals surface area contributed by atoms with Crippen LogP contribution in [0.5, 0.6) is 0 Å². The Morgan fingerprint density at radius 3 is 2.75 bits per heavy atom. The molecule has 0 bridgehead atoms. The summed E-state index contributed by atoms with van der Waals surface area (Å²) >= 11 is 11.5. The zero-order valence-electron chi connectivity index (χ0n) is 11.4. The number of carbonyl (C=O) groups is 1. The van der Waals surface area contributed by atoms with Crippen molar-refractivity contribution in [1.29, 1.82) is 0 Å². The molecular weight excluding hydrogens is 297 g/mol. The second-order valence-electron chi connectivity index (χ2n) is 4.90. The molecule has 0 spiro atoms. The van der Waals surface area contributed by atoms with Crippen molar-refractivity contribution in [2.45, 2.75) is 25.4 Å². The first-order chi connectivity index (χ1) is 9.70. The second kappa shape index (κ2) is 7.87. The van der Waals surface area contributed by atoms with Crippen molar-refractivity contribution in [2.75, 3.05) is 25.6 Å². The van der Waals surface area contributed by atoms with Crippen LogP contribution in [-0.2, 0) is 9.53 Å². The molecular formula is C15H19Cl2NO2. The summed E-state index contributed by atoms with van der Waals surface area (Å²) in [5.74, 6) is 0.807. The quantitative estimate of drug-likeness (QED) is 0.613. The fraction of sp³-hybridized carbons (Fsp3) is 0.533. The van der Waals surface area contributed by atoms with E-state index in [-0.39, 0.29) is 12.0 Å². The Labute approximate surface area is 129 Å². The third-order valence-electron chi connectivity index (χ3n) is 3.44. The number of alkyl halides is 1. The highest BCUT2D eigenvalue weighted by atomic mass is 35.5. The fourth-order valence-corrected chi connectivity index (χ4v) is 2.60. The predicted octanol–water partition coefficient (Wildman–Crippen LogP) is 3.65. The van der Waals surface area contributed by atoms with Crippen LogP contribution in [0.2, 0.25) is 5.02 Å². The third-order valence-corrected chi connectivity index (χ3v) is 3.95. The second-order valence-corrected chi connectivity index (χ2v) is 5.71. The van der Waals surface area contributed by atoms with Crippen molar-refractivity contribution in [3.05, 3.63) is 34.9 Å². The van der Waals surface area contributed by atoms with Crippen molar-refractivity contribution in [3.63, 3.8) is 0 Å². The Hall–Kier alpha value is -0.770. The number of rotatable bonds is 5. The minimum absolute atomic E-state index is 0.0574. The van der Waals surface area contributed by atoms with Crippen LogP contribution in [0, 0.1) is 0 Å². The Balaban J connectivity index is 1.91. The smallest absolute Gasteiger partial charge is 0.222 e. The molecule has 1 saturated heterocycles. The number of hydrogen-bond acceptors (Lipinski definition) is 2. The van der Waals surface area contributed by atoms with E-state index in [2.05, 4.69) is 0 Å². The predicted molar refractivity (Wildman–Crippen MR) is 81.3 cm³/mol. The van der Waals surface area contributed by atoms with E-state index in [1.165, 1.54) is 0 Å². The molecule has 1 atom stereocenters. The molecule has 2 rings (SSSR count). The lowest BCUT2D eigenvalue weighted by Crippen LogP contribution is -2.42. The Morgan fingerprint density at radius 1 is 1.30 bits per heavy atom. The van der Waals surface area contributed by atoms with E-state index in [1.54, 1.807) is 0 Å². The highest BCUT2D eigenvalue weighted by Crippen LogP contribution is 2.24. The maximum Gasteiger partial charge on any atom is 0.222 e. The first-order valence-electron chi connectivity index (χ1n) is 6.91. The molecule has 3 nitrogen and oxygen atoms in total. The lowest BCUT2D eigenvalue weighted by atomic mass is 10.1. The van der Waals surface area contributed by atoms with E-state index in [1.807, 2.05) is 29.2 Å². The molecule has 1 fully saturated rings. The zero-order valence-corrected chi connectivity index (χ0v) is 12.9. The first-order valence-corrected chi connectivity index (χ1v) is 7.83. The van der Waals surface area contributed by atoms with E-state index < -0.39 is 0 Å². The summed E-state index contributed by atoms with van der Waals surface area (Å²) in [6.45, 7) is 1.86. The number of morpholine rings is 1. The first kappa shape index (κ1) is 15.6. The molecule has 20 heavy (non-hydrogen) atoms. The van der Waals surface area contributed by atoms with Gasteiger partial charge in [0.15, 0.2) is 0 Å².